The van der Waals surface area contributed by atoms with Gasteiger partial charge >= 0.3 is 0 Å². The van der Waals surface area contributed by atoms with Crippen LogP contribution in [0.3, 0.4) is 0 Å². The number of nitrogens with zero attached hydrogens (tertiary/aromatic N) is 9. The van der Waals surface area contributed by atoms with Gasteiger partial charge in [0.1, 0.15) is 18.5 Å². The third-order valence-corrected chi connectivity index (χ3v) is 7.55. The van der Waals surface area contributed by atoms with Crippen molar-refractivity contribution < 1.29 is 0 Å². The van der Waals surface area contributed by atoms with Gasteiger partial charge in [-0.1, -0.05) is 95.2 Å². The summed E-state index contributed by atoms with van der Waals surface area (Å²) in [6, 6.07) is 17.9. The monoisotopic (exact) mass is 730 g/mol. The van der Waals surface area contributed by atoms with E-state index in [-0.39, 0.29) is 0 Å². The van der Waals surface area contributed by atoms with Crippen molar-refractivity contribution in [2.45, 2.75) is 119 Å². The SMILES string of the molecule is CC(C)c1ccccn1.CC(C)c1cccnc1.CC(C)c1ccncc1.CC(C)c1ccncn1.CC(C)c1cncnc1.CC(C)c1ncccn1. The molecular formula is C45H63N9. The smallest absolute Gasteiger partial charge is 0.130 e. The standard InChI is InChI=1S/3C8H11N.3C7H10N2/c1-7(2)8-3-5-9-6-4-8;1-7(2)8-4-3-5-9-6-8;1-7(2)8-5-3-4-6-9-8;1-6(2)7-3-8-5-9-4-7;1-6(2)7-3-4-8-5-9-7;1-6(2)7-8-4-3-5-9-7/h3*3-7H,1-2H3;3*3-6H,1-2H3. The molecule has 6 aromatic rings. The summed E-state index contributed by atoms with van der Waals surface area (Å²) in [7, 11) is 0. The zero-order valence-electron chi connectivity index (χ0n) is 34.6. The fourth-order valence-electron chi connectivity index (χ4n) is 4.04. The highest BCUT2D eigenvalue weighted by atomic mass is 14.9. The molecule has 0 saturated carbocycles. The molecule has 0 saturated heterocycles. The van der Waals surface area contributed by atoms with Crippen molar-refractivity contribution in [1.82, 2.24) is 44.9 Å². The molecule has 54 heavy (non-hydrogen) atoms. The maximum Gasteiger partial charge on any atom is 0.130 e. The molecule has 6 heterocycles. The van der Waals surface area contributed by atoms with Gasteiger partial charge in [-0.15, -0.1) is 0 Å². The summed E-state index contributed by atoms with van der Waals surface area (Å²) >= 11 is 0. The van der Waals surface area contributed by atoms with E-state index < -0.39 is 0 Å². The number of aromatic nitrogens is 9. The molecule has 6 aromatic heterocycles. The van der Waals surface area contributed by atoms with Crippen LogP contribution in [0.4, 0.5) is 0 Å². The predicted molar refractivity (Wildman–Crippen MR) is 223 cm³/mol. The highest BCUT2D eigenvalue weighted by Gasteiger charge is 1.99. The number of pyridine rings is 3. The lowest BCUT2D eigenvalue weighted by Crippen LogP contribution is -1.93. The summed E-state index contributed by atoms with van der Waals surface area (Å²) in [6.07, 6.45) is 21.3. The van der Waals surface area contributed by atoms with Gasteiger partial charge in [0.25, 0.3) is 0 Å². The van der Waals surface area contributed by atoms with E-state index in [9.17, 15) is 0 Å². The van der Waals surface area contributed by atoms with E-state index in [4.69, 9.17) is 0 Å². The van der Waals surface area contributed by atoms with Crippen LogP contribution in [0.15, 0.2) is 129 Å². The Morgan fingerprint density at radius 2 is 0.852 bits per heavy atom. The van der Waals surface area contributed by atoms with Crippen LogP contribution >= 0.6 is 0 Å². The third kappa shape index (κ3) is 21.9. The Bertz CT molecular complexity index is 1350. The Morgan fingerprint density at radius 1 is 0.315 bits per heavy atom. The maximum absolute atomic E-state index is 4.18. The van der Waals surface area contributed by atoms with E-state index in [1.165, 1.54) is 16.7 Å². The van der Waals surface area contributed by atoms with Gasteiger partial charge in [0.05, 0.1) is 0 Å². The molecule has 0 aliphatic heterocycles. The second kappa shape index (κ2) is 28.2. The molecule has 0 aliphatic carbocycles. The molecule has 0 fully saturated rings. The van der Waals surface area contributed by atoms with Gasteiger partial charge in [-0.3, -0.25) is 15.0 Å². The minimum Gasteiger partial charge on any atom is -0.265 e. The fraction of sp³-hybridized carbons (Fsp3) is 0.400. The Morgan fingerprint density at radius 3 is 1.19 bits per heavy atom. The van der Waals surface area contributed by atoms with Gasteiger partial charge in [-0.2, -0.15) is 0 Å². The van der Waals surface area contributed by atoms with Gasteiger partial charge < -0.3 is 0 Å². The van der Waals surface area contributed by atoms with Crippen molar-refractivity contribution in [2.24, 2.45) is 0 Å². The second-order valence-corrected chi connectivity index (χ2v) is 14.2. The van der Waals surface area contributed by atoms with Crippen LogP contribution < -0.4 is 0 Å². The quantitative estimate of drug-likeness (QED) is 0.165. The van der Waals surface area contributed by atoms with Crippen molar-refractivity contribution in [3.05, 3.63) is 163 Å². The van der Waals surface area contributed by atoms with E-state index in [1.807, 2.05) is 85.7 Å². The van der Waals surface area contributed by atoms with E-state index in [2.05, 4.69) is 134 Å². The van der Waals surface area contributed by atoms with Gasteiger partial charge in [0.2, 0.25) is 0 Å². The highest BCUT2D eigenvalue weighted by molar-refractivity contribution is 5.14. The normalized spacial score (nSPS) is 10.1. The summed E-state index contributed by atoms with van der Waals surface area (Å²) in [5, 5.41) is 0. The fourth-order valence-corrected chi connectivity index (χ4v) is 4.04. The molecule has 0 amide bonds. The molecule has 0 aliphatic rings. The van der Waals surface area contributed by atoms with Crippen molar-refractivity contribution >= 4 is 0 Å². The maximum atomic E-state index is 4.18. The minimum atomic E-state index is 0.436. The summed E-state index contributed by atoms with van der Waals surface area (Å²) in [5.74, 6) is 4.15. The summed E-state index contributed by atoms with van der Waals surface area (Å²) in [4.78, 5) is 35.9. The van der Waals surface area contributed by atoms with Crippen molar-refractivity contribution in [1.29, 1.82) is 0 Å². The summed E-state index contributed by atoms with van der Waals surface area (Å²) in [5.41, 5.74) is 6.11. The zero-order valence-corrected chi connectivity index (χ0v) is 34.6. The van der Waals surface area contributed by atoms with Crippen molar-refractivity contribution in [3.63, 3.8) is 0 Å². The van der Waals surface area contributed by atoms with Crippen LogP contribution in [0.2, 0.25) is 0 Å². The van der Waals surface area contributed by atoms with E-state index >= 15 is 0 Å². The van der Waals surface area contributed by atoms with Crippen molar-refractivity contribution in [3.8, 4) is 0 Å². The van der Waals surface area contributed by atoms with Crippen LogP contribution in [-0.2, 0) is 0 Å². The Labute approximate surface area is 325 Å². The molecule has 0 radical (unpaired) electrons. The molecule has 0 unspecified atom stereocenters. The Hall–Kier alpha value is -5.31. The molecule has 6 rings (SSSR count). The number of hydrogen-bond acceptors (Lipinski definition) is 9. The highest BCUT2D eigenvalue weighted by Crippen LogP contribution is 2.12. The Balaban J connectivity index is 0.000000324. The first kappa shape index (κ1) is 46.7. The largest absolute Gasteiger partial charge is 0.265 e. The first-order chi connectivity index (χ1) is 25.8. The summed E-state index contributed by atoms with van der Waals surface area (Å²) in [6.45, 7) is 25.6. The molecule has 0 atom stereocenters. The van der Waals surface area contributed by atoms with Crippen LogP contribution in [0.25, 0.3) is 0 Å². The third-order valence-electron chi connectivity index (χ3n) is 7.55. The Kier molecular flexibility index (Phi) is 24.4. The molecule has 0 aromatic carbocycles. The minimum absolute atomic E-state index is 0.436. The van der Waals surface area contributed by atoms with E-state index in [1.54, 1.807) is 37.4 Å². The molecule has 0 spiro atoms. The van der Waals surface area contributed by atoms with Crippen LogP contribution in [-0.4, -0.2) is 44.9 Å². The van der Waals surface area contributed by atoms with Crippen LogP contribution in [0.5, 0.6) is 0 Å². The average Bonchev–Trinajstić information content (AvgIpc) is 3.21. The van der Waals surface area contributed by atoms with Gasteiger partial charge in [-0.05, 0) is 88.7 Å². The molecule has 288 valence electrons. The average molecular weight is 730 g/mol. The lowest BCUT2D eigenvalue weighted by atomic mass is 10.1. The van der Waals surface area contributed by atoms with Crippen LogP contribution in [0, 0.1) is 0 Å². The summed E-state index contributed by atoms with van der Waals surface area (Å²) < 4.78 is 0. The molecular weight excluding hydrogens is 667 g/mol. The lowest BCUT2D eigenvalue weighted by molar-refractivity contribution is 0.774. The molecule has 9 nitrogen and oxygen atoms in total. The lowest BCUT2D eigenvalue weighted by Gasteiger charge is -2.01. The van der Waals surface area contributed by atoms with Gasteiger partial charge in [0, 0.05) is 79.3 Å². The van der Waals surface area contributed by atoms with Gasteiger partial charge in [-0.25, -0.2) is 29.9 Å². The molecule has 0 N–H and O–H groups in total. The van der Waals surface area contributed by atoms with Gasteiger partial charge in [0.15, 0.2) is 0 Å². The van der Waals surface area contributed by atoms with Crippen molar-refractivity contribution in [2.75, 3.05) is 0 Å². The number of rotatable bonds is 6. The van der Waals surface area contributed by atoms with E-state index in [0.29, 0.717) is 35.5 Å². The van der Waals surface area contributed by atoms with E-state index in [0.717, 1.165) is 17.2 Å². The first-order valence-corrected chi connectivity index (χ1v) is 18.8. The first-order valence-electron chi connectivity index (χ1n) is 18.8. The molecule has 0 bridgehead atoms. The predicted octanol–water partition coefficient (Wildman–Crippen LogP) is 11.4. The number of hydrogen-bond donors (Lipinski definition) is 0. The molecule has 9 heteroatoms. The van der Waals surface area contributed by atoms with Crippen LogP contribution in [0.1, 0.15) is 152 Å². The topological polar surface area (TPSA) is 116 Å². The zero-order chi connectivity index (χ0) is 40.1. The second-order valence-electron chi connectivity index (χ2n) is 14.2.